The number of fused-ring (bicyclic) bond motifs is 1. The van der Waals surface area contributed by atoms with Gasteiger partial charge in [0.15, 0.2) is 0 Å². The number of ether oxygens (including phenoxy) is 1. The van der Waals surface area contributed by atoms with Crippen molar-refractivity contribution >= 4 is 10.8 Å². The Kier molecular flexibility index (Phi) is 3.65. The van der Waals surface area contributed by atoms with Gasteiger partial charge in [0.2, 0.25) is 5.88 Å². The third-order valence-electron chi connectivity index (χ3n) is 3.33. The van der Waals surface area contributed by atoms with Gasteiger partial charge in [0.1, 0.15) is 0 Å². The summed E-state index contributed by atoms with van der Waals surface area (Å²) in [5.41, 5.74) is 0.0295. The Bertz CT molecular complexity index is 600. The van der Waals surface area contributed by atoms with Crippen LogP contribution >= 0.6 is 0 Å². The lowest BCUT2D eigenvalue weighted by atomic mass is 10.1. The van der Waals surface area contributed by atoms with Crippen LogP contribution in [0.25, 0.3) is 10.8 Å². The van der Waals surface area contributed by atoms with Gasteiger partial charge in [-0.05, 0) is 18.9 Å². The Balaban J connectivity index is 2.65. The zero-order chi connectivity index (χ0) is 13.1. The molecule has 0 aliphatic rings. The predicted molar refractivity (Wildman–Crippen MR) is 72.2 cm³/mol. The van der Waals surface area contributed by atoms with Crippen molar-refractivity contribution in [3.05, 3.63) is 34.9 Å². The molecule has 0 amide bonds. The normalized spacial score (nSPS) is 11.1. The molecule has 0 unspecified atom stereocenters. The van der Waals surface area contributed by atoms with E-state index in [2.05, 4.69) is 18.8 Å². The molecule has 0 radical (unpaired) electrons. The fraction of sp³-hybridized carbons (Fsp3) is 0.429. The molecule has 0 saturated carbocycles. The quantitative estimate of drug-likeness (QED) is 0.833. The summed E-state index contributed by atoms with van der Waals surface area (Å²) in [6, 6.07) is 3.89. The average molecular weight is 246 g/mol. The summed E-state index contributed by atoms with van der Waals surface area (Å²) in [4.78, 5) is 16.5. The van der Waals surface area contributed by atoms with E-state index in [4.69, 9.17) is 4.74 Å². The molecule has 2 heterocycles. The Morgan fingerprint density at radius 3 is 2.72 bits per heavy atom. The Labute approximate surface area is 106 Å². The van der Waals surface area contributed by atoms with Crippen molar-refractivity contribution < 1.29 is 4.74 Å². The Morgan fingerprint density at radius 1 is 1.39 bits per heavy atom. The van der Waals surface area contributed by atoms with Gasteiger partial charge in [0.25, 0.3) is 5.56 Å². The monoisotopic (exact) mass is 246 g/mol. The third kappa shape index (κ3) is 2.10. The van der Waals surface area contributed by atoms with Gasteiger partial charge in [0, 0.05) is 29.9 Å². The van der Waals surface area contributed by atoms with E-state index in [1.807, 2.05) is 16.8 Å². The first kappa shape index (κ1) is 12.6. The highest BCUT2D eigenvalue weighted by molar-refractivity contribution is 5.81. The standard InChI is InChI=1S/C14H18N2O2/c1-4-11(5-2)16-7-6-10-9-15-13(18-3)8-12(10)14(16)17/h6-9,11H,4-5H2,1-3H3. The minimum atomic E-state index is 0.0295. The number of aromatic nitrogens is 2. The van der Waals surface area contributed by atoms with Crippen LogP contribution in [-0.4, -0.2) is 16.7 Å². The van der Waals surface area contributed by atoms with Gasteiger partial charge in [-0.15, -0.1) is 0 Å². The topological polar surface area (TPSA) is 44.1 Å². The minimum absolute atomic E-state index is 0.0295. The summed E-state index contributed by atoms with van der Waals surface area (Å²) in [5, 5.41) is 1.51. The number of nitrogens with zero attached hydrogens (tertiary/aromatic N) is 2. The molecule has 0 aliphatic heterocycles. The first-order valence-corrected chi connectivity index (χ1v) is 6.26. The Morgan fingerprint density at radius 2 is 2.11 bits per heavy atom. The SMILES string of the molecule is CCC(CC)n1ccc2cnc(OC)cc2c1=O. The number of methoxy groups -OCH3 is 1. The Hall–Kier alpha value is -1.84. The molecule has 0 spiro atoms. The molecule has 0 aromatic carbocycles. The molecule has 2 aromatic heterocycles. The molecule has 0 atom stereocenters. The molecule has 0 bridgehead atoms. The molecule has 2 aromatic rings. The summed E-state index contributed by atoms with van der Waals surface area (Å²) in [6.45, 7) is 4.19. The van der Waals surface area contributed by atoms with E-state index in [0.29, 0.717) is 11.3 Å². The van der Waals surface area contributed by atoms with Gasteiger partial charge >= 0.3 is 0 Å². The lowest BCUT2D eigenvalue weighted by molar-refractivity contribution is 0.398. The van der Waals surface area contributed by atoms with E-state index in [9.17, 15) is 4.79 Å². The van der Waals surface area contributed by atoms with Crippen LogP contribution in [0.15, 0.2) is 29.3 Å². The predicted octanol–water partition coefficient (Wildman–Crippen LogP) is 2.77. The fourth-order valence-corrected chi connectivity index (χ4v) is 2.21. The summed E-state index contributed by atoms with van der Waals surface area (Å²) >= 11 is 0. The van der Waals surface area contributed by atoms with Crippen LogP contribution in [0.3, 0.4) is 0 Å². The zero-order valence-electron chi connectivity index (χ0n) is 11.0. The van der Waals surface area contributed by atoms with Crippen molar-refractivity contribution in [3.63, 3.8) is 0 Å². The second kappa shape index (κ2) is 5.21. The van der Waals surface area contributed by atoms with Crippen LogP contribution in [0, 0.1) is 0 Å². The molecule has 4 heteroatoms. The minimum Gasteiger partial charge on any atom is -0.481 e. The zero-order valence-corrected chi connectivity index (χ0v) is 11.0. The van der Waals surface area contributed by atoms with Crippen LogP contribution in [0.1, 0.15) is 32.7 Å². The lowest BCUT2D eigenvalue weighted by Crippen LogP contribution is -2.23. The maximum absolute atomic E-state index is 12.4. The highest BCUT2D eigenvalue weighted by Gasteiger charge is 2.10. The van der Waals surface area contributed by atoms with Crippen molar-refractivity contribution in [1.29, 1.82) is 0 Å². The first-order valence-electron chi connectivity index (χ1n) is 6.26. The van der Waals surface area contributed by atoms with E-state index in [-0.39, 0.29) is 11.6 Å². The molecule has 4 nitrogen and oxygen atoms in total. The second-order valence-corrected chi connectivity index (χ2v) is 4.31. The van der Waals surface area contributed by atoms with Crippen molar-refractivity contribution in [2.45, 2.75) is 32.7 Å². The summed E-state index contributed by atoms with van der Waals surface area (Å²) in [7, 11) is 1.55. The van der Waals surface area contributed by atoms with Gasteiger partial charge in [-0.3, -0.25) is 4.79 Å². The summed E-state index contributed by atoms with van der Waals surface area (Å²) in [5.74, 6) is 0.474. The number of hydrogen-bond acceptors (Lipinski definition) is 3. The molecule has 2 rings (SSSR count). The molecule has 18 heavy (non-hydrogen) atoms. The maximum Gasteiger partial charge on any atom is 0.258 e. The molecule has 0 saturated heterocycles. The molecular formula is C14H18N2O2. The molecule has 96 valence electrons. The van der Waals surface area contributed by atoms with Gasteiger partial charge in [-0.25, -0.2) is 4.98 Å². The third-order valence-corrected chi connectivity index (χ3v) is 3.33. The van der Waals surface area contributed by atoms with Crippen molar-refractivity contribution in [2.75, 3.05) is 7.11 Å². The highest BCUT2D eigenvalue weighted by atomic mass is 16.5. The van der Waals surface area contributed by atoms with Gasteiger partial charge in [0.05, 0.1) is 12.5 Å². The van der Waals surface area contributed by atoms with Crippen LogP contribution in [-0.2, 0) is 0 Å². The van der Waals surface area contributed by atoms with Crippen molar-refractivity contribution in [3.8, 4) is 5.88 Å². The van der Waals surface area contributed by atoms with E-state index in [1.54, 1.807) is 19.4 Å². The number of pyridine rings is 2. The van der Waals surface area contributed by atoms with Crippen LogP contribution < -0.4 is 10.3 Å². The average Bonchev–Trinajstić information content (AvgIpc) is 2.42. The van der Waals surface area contributed by atoms with E-state index < -0.39 is 0 Å². The smallest absolute Gasteiger partial charge is 0.258 e. The van der Waals surface area contributed by atoms with Crippen molar-refractivity contribution in [2.24, 2.45) is 0 Å². The van der Waals surface area contributed by atoms with Gasteiger partial charge in [-0.2, -0.15) is 0 Å². The lowest BCUT2D eigenvalue weighted by Gasteiger charge is -2.16. The molecule has 0 N–H and O–H groups in total. The summed E-state index contributed by atoms with van der Waals surface area (Å²) in [6.07, 6.45) is 5.43. The highest BCUT2D eigenvalue weighted by Crippen LogP contribution is 2.18. The molecular weight excluding hydrogens is 228 g/mol. The fourth-order valence-electron chi connectivity index (χ4n) is 2.21. The van der Waals surface area contributed by atoms with Gasteiger partial charge < -0.3 is 9.30 Å². The largest absolute Gasteiger partial charge is 0.481 e. The van der Waals surface area contributed by atoms with Crippen molar-refractivity contribution in [1.82, 2.24) is 9.55 Å². The van der Waals surface area contributed by atoms with Crippen LogP contribution in [0.5, 0.6) is 5.88 Å². The molecule has 0 aliphatic carbocycles. The summed E-state index contributed by atoms with van der Waals surface area (Å²) < 4.78 is 6.88. The maximum atomic E-state index is 12.4. The van der Waals surface area contributed by atoms with E-state index >= 15 is 0 Å². The number of hydrogen-bond donors (Lipinski definition) is 0. The van der Waals surface area contributed by atoms with E-state index in [1.165, 1.54) is 0 Å². The van der Waals surface area contributed by atoms with Gasteiger partial charge in [-0.1, -0.05) is 13.8 Å². The second-order valence-electron chi connectivity index (χ2n) is 4.31. The van der Waals surface area contributed by atoms with E-state index in [0.717, 1.165) is 18.2 Å². The van der Waals surface area contributed by atoms with Crippen LogP contribution in [0.4, 0.5) is 0 Å². The first-order chi connectivity index (χ1) is 8.71. The van der Waals surface area contributed by atoms with Crippen LogP contribution in [0.2, 0.25) is 0 Å². The molecule has 0 fully saturated rings. The number of rotatable bonds is 4.